The van der Waals surface area contributed by atoms with Crippen LogP contribution in [-0.4, -0.2) is 18.5 Å². The molecule has 1 heterocycles. The summed E-state index contributed by atoms with van der Waals surface area (Å²) in [4.78, 5) is 23.7. The molecule has 0 saturated heterocycles. The van der Waals surface area contributed by atoms with Crippen molar-refractivity contribution in [2.24, 2.45) is 10.2 Å². The predicted molar refractivity (Wildman–Crippen MR) is 119 cm³/mol. The van der Waals surface area contributed by atoms with Crippen LogP contribution >= 0.6 is 11.3 Å². The third kappa shape index (κ3) is 5.21. The number of azo groups is 1. The van der Waals surface area contributed by atoms with Crippen molar-refractivity contribution in [3.05, 3.63) is 59.5 Å². The van der Waals surface area contributed by atoms with E-state index >= 15 is 0 Å². The number of esters is 1. The fourth-order valence-corrected chi connectivity index (χ4v) is 3.51. The molecular weight excluding hydrogens is 402 g/mol. The van der Waals surface area contributed by atoms with E-state index in [0.29, 0.717) is 22.1 Å². The number of carbonyl (C=O) groups excluding carboxylic acids is 2. The molecule has 0 unspecified atom stereocenters. The summed E-state index contributed by atoms with van der Waals surface area (Å²) < 4.78 is 5.09. The van der Waals surface area contributed by atoms with E-state index in [1.165, 1.54) is 6.92 Å². The molecule has 0 saturated carbocycles. The second-order valence-electron chi connectivity index (χ2n) is 6.16. The van der Waals surface area contributed by atoms with Crippen LogP contribution < -0.4 is 16.4 Å². The average molecular weight is 423 g/mol. The van der Waals surface area contributed by atoms with Crippen LogP contribution in [0.25, 0.3) is 0 Å². The molecule has 1 amide bonds. The molecule has 0 atom stereocenters. The van der Waals surface area contributed by atoms with E-state index in [2.05, 4.69) is 20.9 Å². The van der Waals surface area contributed by atoms with Crippen LogP contribution in [0.1, 0.15) is 23.5 Å². The number of para-hydroxylation sites is 1. The van der Waals surface area contributed by atoms with Crippen LogP contribution in [0.3, 0.4) is 0 Å². The Morgan fingerprint density at radius 1 is 1.03 bits per heavy atom. The molecule has 8 nitrogen and oxygen atoms in total. The van der Waals surface area contributed by atoms with Crippen LogP contribution in [0.5, 0.6) is 0 Å². The molecule has 154 valence electrons. The lowest BCUT2D eigenvalue weighted by Gasteiger charge is -2.04. The number of benzene rings is 2. The van der Waals surface area contributed by atoms with Crippen LogP contribution in [-0.2, 0) is 9.53 Å². The van der Waals surface area contributed by atoms with Crippen molar-refractivity contribution in [1.82, 2.24) is 0 Å². The first-order valence-corrected chi connectivity index (χ1v) is 10.0. The van der Waals surface area contributed by atoms with E-state index in [1.54, 1.807) is 31.2 Å². The summed E-state index contributed by atoms with van der Waals surface area (Å²) in [5, 5.41) is 15.0. The lowest BCUT2D eigenvalue weighted by molar-refractivity contribution is -0.114. The van der Waals surface area contributed by atoms with Gasteiger partial charge in [-0.1, -0.05) is 18.2 Å². The monoisotopic (exact) mass is 423 g/mol. The molecule has 0 spiro atoms. The molecule has 0 bridgehead atoms. The number of nitrogens with zero attached hydrogens (tertiary/aromatic N) is 2. The molecule has 0 aliphatic carbocycles. The van der Waals surface area contributed by atoms with Crippen molar-refractivity contribution in [3.63, 3.8) is 0 Å². The molecule has 9 heteroatoms. The number of anilines is 4. The number of rotatable bonds is 7. The van der Waals surface area contributed by atoms with Gasteiger partial charge in [0, 0.05) is 18.3 Å². The number of amides is 1. The molecule has 30 heavy (non-hydrogen) atoms. The SMILES string of the molecule is CCOC(=O)c1sc(Nc2ccccc2)c(N=Nc2ccc(NC(C)=O)cc2)c1N. The van der Waals surface area contributed by atoms with Crippen molar-refractivity contribution < 1.29 is 14.3 Å². The first-order valence-electron chi connectivity index (χ1n) is 9.18. The van der Waals surface area contributed by atoms with Gasteiger partial charge in [0.05, 0.1) is 18.0 Å². The highest BCUT2D eigenvalue weighted by atomic mass is 32.1. The van der Waals surface area contributed by atoms with E-state index in [4.69, 9.17) is 10.5 Å². The third-order valence-electron chi connectivity index (χ3n) is 3.86. The fraction of sp³-hybridized carbons (Fsp3) is 0.143. The highest BCUT2D eigenvalue weighted by Gasteiger charge is 2.22. The Hall–Kier alpha value is -3.72. The van der Waals surface area contributed by atoms with Crippen molar-refractivity contribution in [2.75, 3.05) is 23.0 Å². The Morgan fingerprint density at radius 3 is 2.37 bits per heavy atom. The quantitative estimate of drug-likeness (QED) is 0.336. The number of nitrogens with two attached hydrogens (primary N) is 1. The minimum atomic E-state index is -0.503. The Labute approximate surface area is 177 Å². The first-order chi connectivity index (χ1) is 14.5. The van der Waals surface area contributed by atoms with Crippen LogP contribution in [0, 0.1) is 0 Å². The first kappa shape index (κ1) is 21.0. The summed E-state index contributed by atoms with van der Waals surface area (Å²) in [5.41, 5.74) is 8.82. The van der Waals surface area contributed by atoms with Crippen molar-refractivity contribution in [2.45, 2.75) is 13.8 Å². The van der Waals surface area contributed by atoms with Crippen molar-refractivity contribution in [1.29, 1.82) is 0 Å². The smallest absolute Gasteiger partial charge is 0.350 e. The van der Waals surface area contributed by atoms with Gasteiger partial charge in [0.15, 0.2) is 0 Å². The maximum Gasteiger partial charge on any atom is 0.350 e. The van der Waals surface area contributed by atoms with Crippen molar-refractivity contribution in [3.8, 4) is 0 Å². The summed E-state index contributed by atoms with van der Waals surface area (Å²) in [6, 6.07) is 16.3. The number of ether oxygens (including phenoxy) is 1. The van der Waals surface area contributed by atoms with Gasteiger partial charge in [-0.3, -0.25) is 4.79 Å². The maximum atomic E-state index is 12.3. The standard InChI is InChI=1S/C21H21N5O3S/c1-3-29-21(28)19-17(22)18(20(30-19)24-14-7-5-4-6-8-14)26-25-16-11-9-15(10-12-16)23-13(2)27/h4-12,24H,3,22H2,1-2H3,(H,23,27). The lowest BCUT2D eigenvalue weighted by atomic mass is 10.3. The highest BCUT2D eigenvalue weighted by Crippen LogP contribution is 2.45. The number of nitrogen functional groups attached to an aromatic ring is 1. The summed E-state index contributed by atoms with van der Waals surface area (Å²) >= 11 is 1.16. The van der Waals surface area contributed by atoms with E-state index in [0.717, 1.165) is 17.0 Å². The fourth-order valence-electron chi connectivity index (χ4n) is 2.54. The van der Waals surface area contributed by atoms with Gasteiger partial charge < -0.3 is 21.1 Å². The van der Waals surface area contributed by atoms with Crippen LogP contribution in [0.4, 0.5) is 33.4 Å². The Kier molecular flexibility index (Phi) is 6.76. The summed E-state index contributed by atoms with van der Waals surface area (Å²) in [5.74, 6) is -0.657. The number of nitrogens with one attached hydrogen (secondary N) is 2. The minimum Gasteiger partial charge on any atom is -0.462 e. The zero-order valence-corrected chi connectivity index (χ0v) is 17.3. The second kappa shape index (κ2) is 9.66. The number of thiophene rings is 1. The van der Waals surface area contributed by atoms with Gasteiger partial charge in [-0.15, -0.1) is 16.5 Å². The highest BCUT2D eigenvalue weighted by molar-refractivity contribution is 7.19. The van der Waals surface area contributed by atoms with Gasteiger partial charge in [-0.05, 0) is 43.3 Å². The molecule has 3 aromatic rings. The summed E-state index contributed by atoms with van der Waals surface area (Å²) in [6.45, 7) is 3.42. The predicted octanol–water partition coefficient (Wildman–Crippen LogP) is 5.62. The van der Waals surface area contributed by atoms with Crippen molar-refractivity contribution >= 4 is 56.7 Å². The zero-order chi connectivity index (χ0) is 21.5. The number of carbonyl (C=O) groups is 2. The van der Waals surface area contributed by atoms with Gasteiger partial charge in [0.1, 0.15) is 15.6 Å². The van der Waals surface area contributed by atoms with Crippen LogP contribution in [0.15, 0.2) is 64.8 Å². The average Bonchev–Trinajstić information content (AvgIpc) is 3.03. The molecule has 2 aromatic carbocycles. The Morgan fingerprint density at radius 2 is 1.73 bits per heavy atom. The van der Waals surface area contributed by atoms with Gasteiger partial charge >= 0.3 is 5.97 Å². The molecular formula is C21H21N5O3S. The van der Waals surface area contributed by atoms with Gasteiger partial charge in [-0.2, -0.15) is 5.11 Å². The number of hydrogen-bond donors (Lipinski definition) is 3. The van der Waals surface area contributed by atoms with E-state index in [1.807, 2.05) is 30.3 Å². The van der Waals surface area contributed by atoms with Gasteiger partial charge in [-0.25, -0.2) is 4.79 Å². The molecule has 4 N–H and O–H groups in total. The molecule has 1 aromatic heterocycles. The second-order valence-corrected chi connectivity index (χ2v) is 7.18. The summed E-state index contributed by atoms with van der Waals surface area (Å²) in [7, 11) is 0. The van der Waals surface area contributed by atoms with Crippen LogP contribution in [0.2, 0.25) is 0 Å². The molecule has 0 radical (unpaired) electrons. The van der Waals surface area contributed by atoms with E-state index < -0.39 is 5.97 Å². The Balaban J connectivity index is 1.92. The van der Waals surface area contributed by atoms with Gasteiger partial charge in [0.25, 0.3) is 0 Å². The third-order valence-corrected chi connectivity index (χ3v) is 4.95. The van der Waals surface area contributed by atoms with E-state index in [9.17, 15) is 9.59 Å². The molecule has 3 rings (SSSR count). The van der Waals surface area contributed by atoms with E-state index in [-0.39, 0.29) is 23.1 Å². The lowest BCUT2D eigenvalue weighted by Crippen LogP contribution is -2.04. The molecule has 0 aliphatic rings. The topological polar surface area (TPSA) is 118 Å². The van der Waals surface area contributed by atoms with Gasteiger partial charge in [0.2, 0.25) is 5.91 Å². The normalized spacial score (nSPS) is 10.7. The number of hydrogen-bond acceptors (Lipinski definition) is 8. The maximum absolute atomic E-state index is 12.3. The molecule has 0 fully saturated rings. The molecule has 0 aliphatic heterocycles. The minimum absolute atomic E-state index is 0.154. The Bertz CT molecular complexity index is 1060. The summed E-state index contributed by atoms with van der Waals surface area (Å²) in [6.07, 6.45) is 0. The largest absolute Gasteiger partial charge is 0.462 e. The zero-order valence-electron chi connectivity index (χ0n) is 16.5.